The van der Waals surface area contributed by atoms with Crippen LogP contribution in [0.5, 0.6) is 23.3 Å². The number of rotatable bonds is 12. The quantitative estimate of drug-likeness (QED) is 0.0999. The van der Waals surface area contributed by atoms with Crippen molar-refractivity contribution in [1.82, 2.24) is 45.8 Å². The smallest absolute Gasteiger partial charge is 0.408 e. The maximum atomic E-state index is 14.3. The number of ether oxygens (including phenoxy) is 8. The van der Waals surface area contributed by atoms with Crippen molar-refractivity contribution in [1.29, 1.82) is 0 Å². The van der Waals surface area contributed by atoms with Crippen molar-refractivity contribution in [2.75, 3.05) is 53.7 Å². The van der Waals surface area contributed by atoms with Crippen LogP contribution in [0.2, 0.25) is 0 Å². The molecule has 29 heteroatoms. The van der Waals surface area contributed by atoms with Gasteiger partial charge in [-0.25, -0.2) is 32.8 Å². The number of carboxylic acid groups (broad SMARTS) is 1. The standard InChI is InChI=1S/C35H45N5O10S.C32H40N4O9/c1-34(2,3)50-33(44)37-27-8-6-16-48-15-5-7-22-19-35(22,32(43)39-51(45,46)25-10-11-25)38-29(41)28-18-24(20-40(28)31(27)42)49-30-26-12-9-23(47-4)17-21(26)13-14-36-30;1-31(2,3)45-30(41)34-24-8-6-14-43-13-5-7-20-17-32(20,29(39)40)35-26(37)25-16-22(18-36(25)28(24)38)44-27-23-10-9-21(42-4)15-19(23)11-12-33-27/h5,7,9,12-14,17,22,24-25,27-28H,6,8,10-11,15-16,18-20H2,1-4H3,(H,37,44)(H,38,41)(H,39,43);5,7,9-12,15,20,22,24-25H,6,8,13-14,16-18H2,1-4H3,(H,34,41)(H,35,37)(H,39,40)/b2*7-5-/t22-,24-,27+,28+,35-;20-,22-,24+,25+,32-/m11/s1. The van der Waals surface area contributed by atoms with Crippen LogP contribution in [0.1, 0.15) is 106 Å². The highest BCUT2D eigenvalue weighted by Crippen LogP contribution is 2.47. The summed E-state index contributed by atoms with van der Waals surface area (Å²) in [5.74, 6) is -3.26. The number of pyridine rings is 2. The van der Waals surface area contributed by atoms with E-state index in [0.29, 0.717) is 60.9 Å². The Morgan fingerprint density at radius 2 is 1.07 bits per heavy atom. The molecule has 6 N–H and O–H groups in total. The first-order valence-electron chi connectivity index (χ1n) is 32.3. The third-order valence-electron chi connectivity index (χ3n) is 17.5. The first-order chi connectivity index (χ1) is 45.6. The molecule has 3 saturated carbocycles. The summed E-state index contributed by atoms with van der Waals surface area (Å²) < 4.78 is 73.3. The lowest BCUT2D eigenvalue weighted by molar-refractivity contribution is -0.145. The number of benzene rings is 2. The van der Waals surface area contributed by atoms with Gasteiger partial charge < -0.3 is 74.1 Å². The highest BCUT2D eigenvalue weighted by atomic mass is 32.2. The van der Waals surface area contributed by atoms with Gasteiger partial charge in [0.15, 0.2) is 0 Å². The van der Waals surface area contributed by atoms with E-state index >= 15 is 0 Å². The van der Waals surface area contributed by atoms with Gasteiger partial charge in [-0.2, -0.15) is 0 Å². The Morgan fingerprint density at radius 3 is 1.50 bits per heavy atom. The van der Waals surface area contributed by atoms with Crippen LogP contribution < -0.4 is 44.9 Å². The molecule has 518 valence electrons. The van der Waals surface area contributed by atoms with Gasteiger partial charge in [0.05, 0.1) is 45.8 Å². The number of hydrogen-bond acceptors (Lipinski definition) is 20. The summed E-state index contributed by atoms with van der Waals surface area (Å²) in [6, 6.07) is 10.2. The van der Waals surface area contributed by atoms with Crippen molar-refractivity contribution >= 4 is 79.3 Å². The van der Waals surface area contributed by atoms with Crippen LogP contribution in [-0.4, -0.2) is 199 Å². The number of aliphatic carboxylic acids is 1. The molecule has 2 aromatic heterocycles. The molecule has 2 saturated heterocycles. The summed E-state index contributed by atoms with van der Waals surface area (Å²) in [5.41, 5.74) is -4.64. The lowest BCUT2D eigenvalue weighted by Gasteiger charge is -2.30. The van der Waals surface area contributed by atoms with Gasteiger partial charge in [0.1, 0.15) is 70.2 Å². The van der Waals surface area contributed by atoms with E-state index < -0.39 is 133 Å². The Labute approximate surface area is 556 Å². The van der Waals surface area contributed by atoms with Crippen LogP contribution in [0, 0.1) is 11.8 Å². The molecule has 7 aliphatic rings. The zero-order valence-corrected chi connectivity index (χ0v) is 55.9. The maximum absolute atomic E-state index is 14.3. The fourth-order valence-corrected chi connectivity index (χ4v) is 13.7. The van der Waals surface area contributed by atoms with Crippen molar-refractivity contribution in [3.63, 3.8) is 0 Å². The molecule has 7 amide bonds. The van der Waals surface area contributed by atoms with Gasteiger partial charge in [-0.1, -0.05) is 24.3 Å². The molecule has 5 fully saturated rings. The molecule has 0 spiro atoms. The Balaban J connectivity index is 0.000000210. The molecule has 96 heavy (non-hydrogen) atoms. The van der Waals surface area contributed by atoms with Crippen molar-refractivity contribution in [3.8, 4) is 23.3 Å². The number of alkyl carbamates (subject to hydrolysis) is 2. The fourth-order valence-electron chi connectivity index (χ4n) is 12.3. The number of carbonyl (C=O) groups is 8. The Morgan fingerprint density at radius 1 is 0.635 bits per heavy atom. The van der Waals surface area contributed by atoms with Crippen LogP contribution >= 0.6 is 0 Å². The lowest BCUT2D eigenvalue weighted by atomic mass is 10.1. The van der Waals surface area contributed by atoms with Crippen LogP contribution in [0.4, 0.5) is 9.59 Å². The van der Waals surface area contributed by atoms with Gasteiger partial charge in [-0.15, -0.1) is 0 Å². The number of sulfonamides is 1. The highest BCUT2D eigenvalue weighted by Gasteiger charge is 2.63. The zero-order valence-electron chi connectivity index (χ0n) is 55.1. The summed E-state index contributed by atoms with van der Waals surface area (Å²) in [5, 5.41) is 23.4. The average Bonchev–Trinajstić information content (AvgIpc) is 1.58. The van der Waals surface area contributed by atoms with Crippen molar-refractivity contribution in [3.05, 3.63) is 85.2 Å². The van der Waals surface area contributed by atoms with Crippen molar-refractivity contribution in [2.24, 2.45) is 11.8 Å². The first-order valence-corrected chi connectivity index (χ1v) is 33.8. The van der Waals surface area contributed by atoms with Gasteiger partial charge in [0, 0.05) is 61.1 Å². The molecule has 4 aliphatic heterocycles. The average molecular weight is 1350 g/mol. The molecule has 2 aromatic carbocycles. The minimum atomic E-state index is -3.91. The molecular formula is C67H85N9O19S. The number of hydrogen-bond donors (Lipinski definition) is 6. The van der Waals surface area contributed by atoms with E-state index in [1.54, 1.807) is 105 Å². The largest absolute Gasteiger partial charge is 0.497 e. The molecule has 6 heterocycles. The molecular weight excluding hydrogens is 1270 g/mol. The second kappa shape index (κ2) is 28.9. The van der Waals surface area contributed by atoms with E-state index in [1.807, 2.05) is 36.4 Å². The third-order valence-corrected chi connectivity index (χ3v) is 19.4. The number of amides is 7. The molecule has 3 aliphatic carbocycles. The second-order valence-corrected chi connectivity index (χ2v) is 29.0. The number of carboxylic acids is 1. The third kappa shape index (κ3) is 16.9. The molecule has 0 radical (unpaired) electrons. The predicted octanol–water partition coefficient (Wildman–Crippen LogP) is 5.15. The summed E-state index contributed by atoms with van der Waals surface area (Å²) in [7, 11) is -0.760. The van der Waals surface area contributed by atoms with E-state index in [4.69, 9.17) is 37.9 Å². The summed E-state index contributed by atoms with van der Waals surface area (Å²) >= 11 is 0. The van der Waals surface area contributed by atoms with Gasteiger partial charge in [0.25, 0.3) is 5.91 Å². The zero-order chi connectivity index (χ0) is 68.9. The molecule has 28 nitrogen and oxygen atoms in total. The van der Waals surface area contributed by atoms with E-state index in [0.717, 1.165) is 16.2 Å². The lowest BCUT2D eigenvalue weighted by Crippen LogP contribution is -2.58. The van der Waals surface area contributed by atoms with Crippen LogP contribution in [-0.2, 0) is 57.7 Å². The predicted molar refractivity (Wildman–Crippen MR) is 346 cm³/mol. The topological polar surface area (TPSA) is 357 Å². The highest BCUT2D eigenvalue weighted by molar-refractivity contribution is 7.91. The van der Waals surface area contributed by atoms with Gasteiger partial charge >= 0.3 is 18.2 Å². The number of fused-ring (bicyclic) bond motifs is 6. The van der Waals surface area contributed by atoms with E-state index in [-0.39, 0.29) is 71.4 Å². The van der Waals surface area contributed by atoms with E-state index in [2.05, 4.69) is 36.0 Å². The van der Waals surface area contributed by atoms with Crippen molar-refractivity contribution < 1.29 is 89.8 Å². The Hall–Kier alpha value is -8.83. The molecule has 0 bridgehead atoms. The van der Waals surface area contributed by atoms with Gasteiger partial charge in [-0.05, 0) is 152 Å². The first kappa shape index (κ1) is 70.0. The maximum Gasteiger partial charge on any atom is 0.408 e. The Kier molecular flexibility index (Phi) is 21.0. The normalized spacial score (nSPS) is 28.0. The van der Waals surface area contributed by atoms with Crippen LogP contribution in [0.15, 0.2) is 85.2 Å². The molecule has 4 aromatic rings. The van der Waals surface area contributed by atoms with Gasteiger partial charge in [0.2, 0.25) is 45.4 Å². The summed E-state index contributed by atoms with van der Waals surface area (Å²) in [6.45, 7) is 11.3. The summed E-state index contributed by atoms with van der Waals surface area (Å²) in [4.78, 5) is 120. The summed E-state index contributed by atoms with van der Waals surface area (Å²) in [6.07, 6.45) is 9.91. The Bertz CT molecular complexity index is 3800. The molecule has 0 unspecified atom stereocenters. The number of aromatic nitrogens is 2. The number of carbonyl (C=O) groups excluding carboxylic acids is 7. The second-order valence-electron chi connectivity index (χ2n) is 27.1. The monoisotopic (exact) mass is 1350 g/mol. The minimum Gasteiger partial charge on any atom is -0.497 e. The van der Waals surface area contributed by atoms with E-state index in [1.165, 1.54) is 9.80 Å². The van der Waals surface area contributed by atoms with Crippen LogP contribution in [0.3, 0.4) is 0 Å². The number of nitrogens with one attached hydrogen (secondary N) is 5. The molecule has 10 atom stereocenters. The van der Waals surface area contributed by atoms with Gasteiger partial charge in [-0.3, -0.25) is 28.7 Å². The van der Waals surface area contributed by atoms with Crippen molar-refractivity contribution in [2.45, 2.75) is 170 Å². The van der Waals surface area contributed by atoms with Crippen LogP contribution in [0.25, 0.3) is 21.5 Å². The fraction of sp³-hybridized carbons (Fsp3) is 0.552. The number of methoxy groups -OCH3 is 2. The molecule has 11 rings (SSSR count). The number of nitrogens with zero attached hydrogens (tertiary/aromatic N) is 4. The van der Waals surface area contributed by atoms with E-state index in [9.17, 15) is 51.9 Å². The minimum absolute atomic E-state index is 0.0115. The SMILES string of the molecule is COc1ccc2c(O[C@@H]3C[C@H]4C(=O)N[C@]5(C(=O)NS(=O)(=O)C6CC6)C[C@H]5/C=C\COCCC[C@H](NC(=O)OC(C)(C)C)C(=O)N4C3)nccc2c1.COc1ccc2c(O[C@@H]3C[C@H]4C(=O)N[C@]5(C(=O)O)C[C@H]5/C=C\COCCC[C@H](NC(=O)OC(C)(C)C)C(=O)N4C3)nccc2c1.